The lowest BCUT2D eigenvalue weighted by Gasteiger charge is -2.35. The molecule has 2 heterocycles. The van der Waals surface area contributed by atoms with Crippen molar-refractivity contribution in [2.45, 2.75) is 57.7 Å². The zero-order valence-corrected chi connectivity index (χ0v) is 17.9. The number of nitrogens with one attached hydrogen (secondary N) is 1. The highest BCUT2D eigenvalue weighted by molar-refractivity contribution is 9.10. The smallest absolute Gasteiger partial charge is 0.411 e. The number of fused-ring (bicyclic) bond motifs is 5. The van der Waals surface area contributed by atoms with Crippen LogP contribution in [-0.2, 0) is 4.74 Å². The number of amides is 1. The van der Waals surface area contributed by atoms with Crippen LogP contribution in [0, 0.1) is 5.92 Å². The Kier molecular flexibility index (Phi) is 3.99. The van der Waals surface area contributed by atoms with Gasteiger partial charge in [0.1, 0.15) is 11.4 Å². The Morgan fingerprint density at radius 2 is 2.07 bits per heavy atom. The van der Waals surface area contributed by atoms with Gasteiger partial charge in [-0.2, -0.15) is 0 Å². The fourth-order valence-electron chi connectivity index (χ4n) is 4.86. The minimum Gasteiger partial charge on any atom is -0.444 e. The van der Waals surface area contributed by atoms with Gasteiger partial charge in [-0.15, -0.1) is 0 Å². The Hall–Kier alpha value is -2.08. The van der Waals surface area contributed by atoms with Gasteiger partial charge in [0.05, 0.1) is 17.1 Å². The monoisotopic (exact) mass is 441 g/mol. The standard InChI is InChI=1S/C22H24BrN3O2/c1-22(2,3)28-21(27)26-15-7-4-13(11-15)19(26)20-24-17-9-5-12-10-14(23)6-8-16(12)18(17)25-20/h5-6,8-10,13,15,19H,4,7,11H2,1-3H3,(H,24,25). The van der Waals surface area contributed by atoms with E-state index in [0.717, 1.165) is 51.4 Å². The number of likely N-dealkylation sites (tertiary alicyclic amines) is 1. The van der Waals surface area contributed by atoms with Gasteiger partial charge in [0.15, 0.2) is 0 Å². The number of halogens is 1. The Balaban J connectivity index is 1.58. The number of carbonyl (C=O) groups excluding carboxylic acids is 1. The van der Waals surface area contributed by atoms with Gasteiger partial charge in [-0.05, 0) is 69.5 Å². The molecule has 0 spiro atoms. The van der Waals surface area contributed by atoms with Crippen molar-refractivity contribution < 1.29 is 9.53 Å². The van der Waals surface area contributed by atoms with Crippen molar-refractivity contribution in [3.05, 3.63) is 40.6 Å². The highest BCUT2D eigenvalue weighted by Crippen LogP contribution is 2.50. The number of aromatic nitrogens is 2. The van der Waals surface area contributed by atoms with Gasteiger partial charge in [0.25, 0.3) is 0 Å². The second-order valence-electron chi connectivity index (χ2n) is 9.01. The lowest BCUT2D eigenvalue weighted by Crippen LogP contribution is -2.43. The van der Waals surface area contributed by atoms with Crippen LogP contribution < -0.4 is 0 Å². The van der Waals surface area contributed by atoms with Crippen molar-refractivity contribution in [1.29, 1.82) is 0 Å². The summed E-state index contributed by atoms with van der Waals surface area (Å²) in [5.74, 6) is 1.32. The highest BCUT2D eigenvalue weighted by atomic mass is 79.9. The van der Waals surface area contributed by atoms with Crippen molar-refractivity contribution in [2.75, 3.05) is 0 Å². The van der Waals surface area contributed by atoms with Crippen LogP contribution in [0.25, 0.3) is 21.8 Å². The molecule has 6 heteroatoms. The zero-order valence-electron chi connectivity index (χ0n) is 16.3. The van der Waals surface area contributed by atoms with Crippen LogP contribution in [-0.4, -0.2) is 32.6 Å². The molecule has 1 aliphatic carbocycles. The van der Waals surface area contributed by atoms with E-state index in [9.17, 15) is 4.79 Å². The van der Waals surface area contributed by atoms with Crippen LogP contribution >= 0.6 is 15.9 Å². The Morgan fingerprint density at radius 1 is 1.25 bits per heavy atom. The molecule has 2 bridgehead atoms. The Bertz CT molecular complexity index is 1080. The quantitative estimate of drug-likeness (QED) is 0.508. The van der Waals surface area contributed by atoms with Crippen molar-refractivity contribution in [1.82, 2.24) is 14.9 Å². The number of hydrogen-bond acceptors (Lipinski definition) is 3. The topological polar surface area (TPSA) is 58.2 Å². The maximum Gasteiger partial charge on any atom is 0.411 e. The van der Waals surface area contributed by atoms with Crippen molar-refractivity contribution in [3.63, 3.8) is 0 Å². The predicted molar refractivity (Wildman–Crippen MR) is 113 cm³/mol. The molecule has 5 nitrogen and oxygen atoms in total. The van der Waals surface area contributed by atoms with Gasteiger partial charge < -0.3 is 9.72 Å². The van der Waals surface area contributed by atoms with Crippen LogP contribution in [0.5, 0.6) is 0 Å². The van der Waals surface area contributed by atoms with E-state index in [0.29, 0.717) is 5.92 Å². The number of piperidine rings is 1. The molecule has 1 aliphatic heterocycles. The molecule has 2 aliphatic rings. The number of ether oxygens (including phenoxy) is 1. The second kappa shape index (κ2) is 6.21. The van der Waals surface area contributed by atoms with Crippen LogP contribution in [0.1, 0.15) is 51.9 Å². The van der Waals surface area contributed by atoms with Gasteiger partial charge >= 0.3 is 6.09 Å². The van der Waals surface area contributed by atoms with E-state index in [1.54, 1.807) is 0 Å². The number of rotatable bonds is 1. The number of nitrogens with zero attached hydrogens (tertiary/aromatic N) is 2. The van der Waals surface area contributed by atoms with Gasteiger partial charge in [-0.25, -0.2) is 9.78 Å². The van der Waals surface area contributed by atoms with Gasteiger partial charge in [0.2, 0.25) is 0 Å². The summed E-state index contributed by atoms with van der Waals surface area (Å²) in [7, 11) is 0. The first-order chi connectivity index (χ1) is 13.3. The molecule has 3 aromatic rings. The second-order valence-corrected chi connectivity index (χ2v) is 9.92. The average molecular weight is 442 g/mol. The minimum absolute atomic E-state index is 0.0356. The molecule has 0 radical (unpaired) electrons. The van der Waals surface area contributed by atoms with E-state index in [2.05, 4.69) is 45.2 Å². The van der Waals surface area contributed by atoms with E-state index in [4.69, 9.17) is 9.72 Å². The number of benzene rings is 2. The molecular weight excluding hydrogens is 418 g/mol. The molecule has 1 amide bonds. The summed E-state index contributed by atoms with van der Waals surface area (Å²) in [6.45, 7) is 5.75. The van der Waals surface area contributed by atoms with Gasteiger partial charge in [0, 0.05) is 15.9 Å². The van der Waals surface area contributed by atoms with Crippen molar-refractivity contribution >= 4 is 43.8 Å². The maximum atomic E-state index is 13.0. The largest absolute Gasteiger partial charge is 0.444 e. The molecule has 1 saturated heterocycles. The Morgan fingerprint density at radius 3 is 2.86 bits per heavy atom. The van der Waals surface area contributed by atoms with Crippen LogP contribution in [0.2, 0.25) is 0 Å². The fraction of sp³-hybridized carbons (Fsp3) is 0.455. The van der Waals surface area contributed by atoms with Crippen LogP contribution in [0.4, 0.5) is 4.79 Å². The number of imidazole rings is 1. The van der Waals surface area contributed by atoms with Gasteiger partial charge in [-0.3, -0.25) is 4.90 Å². The normalized spacial score (nSPS) is 24.4. The molecule has 1 saturated carbocycles. The Labute approximate surface area is 172 Å². The number of aromatic amines is 1. The van der Waals surface area contributed by atoms with E-state index < -0.39 is 5.60 Å². The fourth-order valence-corrected chi connectivity index (χ4v) is 5.24. The molecule has 28 heavy (non-hydrogen) atoms. The zero-order chi connectivity index (χ0) is 19.6. The summed E-state index contributed by atoms with van der Waals surface area (Å²) < 4.78 is 6.78. The lowest BCUT2D eigenvalue weighted by atomic mass is 9.98. The molecule has 146 valence electrons. The van der Waals surface area contributed by atoms with E-state index in [1.807, 2.05) is 31.7 Å². The maximum absolute atomic E-state index is 13.0. The van der Waals surface area contributed by atoms with E-state index >= 15 is 0 Å². The minimum atomic E-state index is -0.499. The predicted octanol–water partition coefficient (Wildman–Crippen LogP) is 5.94. The molecule has 2 aromatic carbocycles. The summed E-state index contributed by atoms with van der Waals surface area (Å²) in [5.41, 5.74) is 1.48. The van der Waals surface area contributed by atoms with E-state index in [1.165, 1.54) is 0 Å². The third-order valence-electron chi connectivity index (χ3n) is 5.92. The third kappa shape index (κ3) is 2.89. The van der Waals surface area contributed by atoms with Gasteiger partial charge in [-0.1, -0.05) is 28.1 Å². The van der Waals surface area contributed by atoms with E-state index in [-0.39, 0.29) is 18.2 Å². The first-order valence-electron chi connectivity index (χ1n) is 9.89. The van der Waals surface area contributed by atoms with Crippen LogP contribution in [0.3, 0.4) is 0 Å². The highest BCUT2D eigenvalue weighted by Gasteiger charge is 2.51. The summed E-state index contributed by atoms with van der Waals surface area (Å²) >= 11 is 3.54. The summed E-state index contributed by atoms with van der Waals surface area (Å²) in [4.78, 5) is 23.4. The summed E-state index contributed by atoms with van der Waals surface area (Å²) in [5, 5.41) is 2.31. The molecular formula is C22H24BrN3O2. The number of H-pyrrole nitrogens is 1. The number of hydrogen-bond donors (Lipinski definition) is 1. The average Bonchev–Trinajstić information content (AvgIpc) is 3.32. The molecule has 5 rings (SSSR count). The first-order valence-corrected chi connectivity index (χ1v) is 10.7. The molecule has 2 fully saturated rings. The van der Waals surface area contributed by atoms with Crippen LogP contribution in [0.15, 0.2) is 34.8 Å². The lowest BCUT2D eigenvalue weighted by molar-refractivity contribution is 0.00623. The number of carbonyl (C=O) groups is 1. The SMILES string of the molecule is CC(C)(C)OC(=O)N1C2CCC(C2)C1c1nc2ccc3cc(Br)ccc3c2[nH]1. The van der Waals surface area contributed by atoms with Crippen molar-refractivity contribution in [3.8, 4) is 0 Å². The summed E-state index contributed by atoms with van der Waals surface area (Å²) in [6, 6.07) is 10.6. The summed E-state index contributed by atoms with van der Waals surface area (Å²) in [6.07, 6.45) is 3.00. The molecule has 3 atom stereocenters. The molecule has 1 N–H and O–H groups in total. The third-order valence-corrected chi connectivity index (χ3v) is 6.42. The first kappa shape index (κ1) is 18.0. The molecule has 1 aromatic heterocycles. The van der Waals surface area contributed by atoms with Crippen molar-refractivity contribution in [2.24, 2.45) is 5.92 Å². The molecule has 3 unspecified atom stereocenters.